The van der Waals surface area contributed by atoms with Crippen LogP contribution < -0.4 is 11.1 Å². The molecule has 0 radical (unpaired) electrons. The van der Waals surface area contributed by atoms with Gasteiger partial charge in [-0.05, 0) is 50.2 Å². The number of halogens is 1. The predicted octanol–water partition coefficient (Wildman–Crippen LogP) is 2.64. The molecule has 3 nitrogen and oxygen atoms in total. The van der Waals surface area contributed by atoms with E-state index in [0.717, 1.165) is 12.8 Å². The molecule has 1 amide bonds. The van der Waals surface area contributed by atoms with Gasteiger partial charge < -0.3 is 11.1 Å². The largest absolute Gasteiger partial charge is 0.349 e. The molecule has 0 aromatic heterocycles. The average Bonchev–Trinajstić information content (AvgIpc) is 3.31. The molecular formula is C17H25FN2O. The standard InChI is InChI=1S/C17H25FN2O/c1-12(7-8-13-5-3-4-6-15(13)18)16(21)20-17(2,11-19)14-9-10-14/h3-6,12,14H,7-11,19H2,1-2H3,(H,20,21). The van der Waals surface area contributed by atoms with E-state index in [9.17, 15) is 9.18 Å². The lowest BCUT2D eigenvalue weighted by atomic mass is 9.93. The lowest BCUT2D eigenvalue weighted by Gasteiger charge is -2.31. The van der Waals surface area contributed by atoms with Crippen LogP contribution in [0.2, 0.25) is 0 Å². The van der Waals surface area contributed by atoms with Crippen LogP contribution in [0, 0.1) is 17.7 Å². The Kier molecular flexibility index (Phi) is 4.99. The zero-order valence-corrected chi connectivity index (χ0v) is 12.9. The fourth-order valence-electron chi connectivity index (χ4n) is 2.65. The van der Waals surface area contributed by atoms with Gasteiger partial charge in [0.1, 0.15) is 5.82 Å². The van der Waals surface area contributed by atoms with E-state index in [1.807, 2.05) is 19.9 Å². The van der Waals surface area contributed by atoms with Crippen molar-refractivity contribution < 1.29 is 9.18 Å². The van der Waals surface area contributed by atoms with Gasteiger partial charge in [-0.3, -0.25) is 4.79 Å². The van der Waals surface area contributed by atoms with E-state index in [-0.39, 0.29) is 23.2 Å². The third kappa shape index (κ3) is 4.03. The Balaban J connectivity index is 1.86. The van der Waals surface area contributed by atoms with E-state index in [4.69, 9.17) is 5.73 Å². The Labute approximate surface area is 126 Å². The lowest BCUT2D eigenvalue weighted by Crippen LogP contribution is -2.54. The summed E-state index contributed by atoms with van der Waals surface area (Å²) in [4.78, 5) is 12.3. The number of aryl methyl sites for hydroxylation is 1. The van der Waals surface area contributed by atoms with Gasteiger partial charge in [-0.2, -0.15) is 0 Å². The highest BCUT2D eigenvalue weighted by atomic mass is 19.1. The first-order valence-corrected chi connectivity index (χ1v) is 7.72. The second-order valence-corrected chi connectivity index (χ2v) is 6.42. The number of benzene rings is 1. The summed E-state index contributed by atoms with van der Waals surface area (Å²) in [7, 11) is 0. The van der Waals surface area contributed by atoms with Crippen molar-refractivity contribution in [1.29, 1.82) is 0 Å². The molecule has 0 saturated heterocycles. The third-order valence-corrected chi connectivity index (χ3v) is 4.56. The van der Waals surface area contributed by atoms with Gasteiger partial charge in [0.05, 0.1) is 5.54 Å². The third-order valence-electron chi connectivity index (χ3n) is 4.56. The summed E-state index contributed by atoms with van der Waals surface area (Å²) in [6, 6.07) is 6.73. The van der Waals surface area contributed by atoms with E-state index in [2.05, 4.69) is 5.32 Å². The highest BCUT2D eigenvalue weighted by Gasteiger charge is 2.41. The van der Waals surface area contributed by atoms with E-state index >= 15 is 0 Å². The monoisotopic (exact) mass is 292 g/mol. The molecule has 0 spiro atoms. The topological polar surface area (TPSA) is 55.1 Å². The molecule has 21 heavy (non-hydrogen) atoms. The van der Waals surface area contributed by atoms with Crippen molar-refractivity contribution in [3.8, 4) is 0 Å². The number of nitrogens with one attached hydrogen (secondary N) is 1. The maximum Gasteiger partial charge on any atom is 0.223 e. The zero-order chi connectivity index (χ0) is 15.5. The second kappa shape index (κ2) is 6.56. The Morgan fingerprint density at radius 3 is 2.71 bits per heavy atom. The van der Waals surface area contributed by atoms with Gasteiger partial charge in [-0.1, -0.05) is 25.1 Å². The molecule has 0 aliphatic heterocycles. The fraction of sp³-hybridized carbons (Fsp3) is 0.588. The van der Waals surface area contributed by atoms with E-state index in [1.165, 1.54) is 6.07 Å². The Hall–Kier alpha value is -1.42. The number of carbonyl (C=O) groups excluding carboxylic acids is 1. The van der Waals surface area contributed by atoms with Crippen LogP contribution in [0.15, 0.2) is 24.3 Å². The summed E-state index contributed by atoms with van der Waals surface area (Å²) in [6.07, 6.45) is 3.48. The van der Waals surface area contributed by atoms with Gasteiger partial charge in [-0.15, -0.1) is 0 Å². The van der Waals surface area contributed by atoms with Crippen LogP contribution in [0.4, 0.5) is 4.39 Å². The van der Waals surface area contributed by atoms with Crippen LogP contribution in [0.25, 0.3) is 0 Å². The van der Waals surface area contributed by atoms with Crippen LogP contribution in [0.3, 0.4) is 0 Å². The van der Waals surface area contributed by atoms with Crippen molar-refractivity contribution in [1.82, 2.24) is 5.32 Å². The Morgan fingerprint density at radius 1 is 1.48 bits per heavy atom. The highest BCUT2D eigenvalue weighted by Crippen LogP contribution is 2.39. The van der Waals surface area contributed by atoms with E-state index in [1.54, 1.807) is 12.1 Å². The summed E-state index contributed by atoms with van der Waals surface area (Å²) < 4.78 is 13.6. The van der Waals surface area contributed by atoms with Crippen LogP contribution in [0.1, 0.15) is 38.7 Å². The normalized spacial score (nSPS) is 18.9. The lowest BCUT2D eigenvalue weighted by molar-refractivity contribution is -0.126. The van der Waals surface area contributed by atoms with Gasteiger partial charge in [0.15, 0.2) is 0 Å². The fourth-order valence-corrected chi connectivity index (χ4v) is 2.65. The van der Waals surface area contributed by atoms with Crippen LogP contribution >= 0.6 is 0 Å². The number of carbonyl (C=O) groups is 1. The molecule has 3 N–H and O–H groups in total. The average molecular weight is 292 g/mol. The molecule has 2 rings (SSSR count). The molecule has 2 unspecified atom stereocenters. The number of hydrogen-bond acceptors (Lipinski definition) is 2. The van der Waals surface area contributed by atoms with Crippen molar-refractivity contribution in [3.63, 3.8) is 0 Å². The molecule has 0 bridgehead atoms. The van der Waals surface area contributed by atoms with Crippen molar-refractivity contribution in [2.75, 3.05) is 6.54 Å². The maximum atomic E-state index is 13.6. The van der Waals surface area contributed by atoms with E-state index in [0.29, 0.717) is 30.9 Å². The number of nitrogens with two attached hydrogens (primary N) is 1. The predicted molar refractivity (Wildman–Crippen MR) is 82.2 cm³/mol. The van der Waals surface area contributed by atoms with Crippen molar-refractivity contribution in [2.24, 2.45) is 17.6 Å². The minimum absolute atomic E-state index is 0.0196. The molecule has 116 valence electrons. The zero-order valence-electron chi connectivity index (χ0n) is 12.9. The molecule has 1 aliphatic rings. The molecule has 1 aromatic rings. The van der Waals surface area contributed by atoms with Gasteiger partial charge in [0.25, 0.3) is 0 Å². The summed E-state index contributed by atoms with van der Waals surface area (Å²) in [5.41, 5.74) is 6.20. The van der Waals surface area contributed by atoms with Gasteiger partial charge in [0.2, 0.25) is 5.91 Å². The first kappa shape index (κ1) is 16.0. The van der Waals surface area contributed by atoms with Crippen molar-refractivity contribution in [2.45, 2.75) is 45.1 Å². The Morgan fingerprint density at radius 2 is 2.14 bits per heavy atom. The molecule has 1 saturated carbocycles. The quantitative estimate of drug-likeness (QED) is 0.811. The smallest absolute Gasteiger partial charge is 0.223 e. The van der Waals surface area contributed by atoms with Gasteiger partial charge in [-0.25, -0.2) is 4.39 Å². The first-order valence-electron chi connectivity index (χ1n) is 7.72. The van der Waals surface area contributed by atoms with E-state index < -0.39 is 0 Å². The molecular weight excluding hydrogens is 267 g/mol. The second-order valence-electron chi connectivity index (χ2n) is 6.42. The van der Waals surface area contributed by atoms with Crippen LogP contribution in [0.5, 0.6) is 0 Å². The number of rotatable bonds is 7. The maximum absolute atomic E-state index is 13.6. The number of amides is 1. The minimum Gasteiger partial charge on any atom is -0.349 e. The number of hydrogen-bond donors (Lipinski definition) is 2. The summed E-state index contributed by atoms with van der Waals surface area (Å²) in [5.74, 6) is 0.181. The molecule has 1 aromatic carbocycles. The molecule has 2 atom stereocenters. The highest BCUT2D eigenvalue weighted by molar-refractivity contribution is 5.79. The summed E-state index contributed by atoms with van der Waals surface area (Å²) in [6.45, 7) is 4.37. The molecule has 1 fully saturated rings. The van der Waals surface area contributed by atoms with Gasteiger partial charge in [0, 0.05) is 12.5 Å². The van der Waals surface area contributed by atoms with Crippen molar-refractivity contribution in [3.05, 3.63) is 35.6 Å². The van der Waals surface area contributed by atoms with Crippen LogP contribution in [-0.4, -0.2) is 18.0 Å². The summed E-state index contributed by atoms with van der Waals surface area (Å²) in [5, 5.41) is 3.10. The van der Waals surface area contributed by atoms with Crippen molar-refractivity contribution >= 4 is 5.91 Å². The molecule has 0 heterocycles. The first-order chi connectivity index (χ1) is 9.96. The van der Waals surface area contributed by atoms with Crippen LogP contribution in [-0.2, 0) is 11.2 Å². The molecule has 4 heteroatoms. The minimum atomic E-state index is -0.288. The SMILES string of the molecule is CC(CCc1ccccc1F)C(=O)NC(C)(CN)C1CC1. The van der Waals surface area contributed by atoms with Gasteiger partial charge >= 0.3 is 0 Å². The Bertz CT molecular complexity index is 501. The summed E-state index contributed by atoms with van der Waals surface area (Å²) >= 11 is 0. The molecule has 1 aliphatic carbocycles.